The molecule has 1 heterocycles. The number of aryl methyl sites for hydroxylation is 1. The molecular weight excluding hydrogens is 186 g/mol. The smallest absolute Gasteiger partial charge is 0.0521 e. The molecular formula is C12H21N3. The van der Waals surface area contributed by atoms with Crippen LogP contribution >= 0.6 is 0 Å². The predicted octanol–water partition coefficient (Wildman–Crippen LogP) is 1.82. The minimum Gasteiger partial charge on any atom is -0.330 e. The summed E-state index contributed by atoms with van der Waals surface area (Å²) in [6.45, 7) is 3.94. The first-order chi connectivity index (χ1) is 7.33. The maximum Gasteiger partial charge on any atom is 0.0521 e. The molecule has 1 saturated carbocycles. The molecule has 2 unspecified atom stereocenters. The summed E-state index contributed by atoms with van der Waals surface area (Å²) in [6, 6.07) is 0. The first-order valence-electron chi connectivity index (χ1n) is 6.05. The summed E-state index contributed by atoms with van der Waals surface area (Å²) in [4.78, 5) is 0. The summed E-state index contributed by atoms with van der Waals surface area (Å²) < 4.78 is 2.00. The molecule has 0 spiro atoms. The summed E-state index contributed by atoms with van der Waals surface area (Å²) in [5, 5.41) is 4.31. The average Bonchev–Trinajstić information content (AvgIpc) is 2.87. The van der Waals surface area contributed by atoms with E-state index in [1.165, 1.54) is 31.2 Å². The molecule has 1 aromatic heterocycles. The largest absolute Gasteiger partial charge is 0.330 e. The Morgan fingerprint density at radius 2 is 2.27 bits per heavy atom. The molecule has 2 atom stereocenters. The van der Waals surface area contributed by atoms with Gasteiger partial charge in [-0.2, -0.15) is 5.10 Å². The molecule has 0 saturated heterocycles. The van der Waals surface area contributed by atoms with E-state index in [4.69, 9.17) is 5.73 Å². The Bertz CT molecular complexity index is 306. The lowest BCUT2D eigenvalue weighted by atomic mass is 9.91. The van der Waals surface area contributed by atoms with Crippen molar-refractivity contribution >= 4 is 0 Å². The van der Waals surface area contributed by atoms with Crippen molar-refractivity contribution in [2.45, 2.75) is 39.2 Å². The van der Waals surface area contributed by atoms with Crippen molar-refractivity contribution in [1.29, 1.82) is 0 Å². The molecule has 1 aliphatic carbocycles. The zero-order valence-corrected chi connectivity index (χ0v) is 9.52. The molecule has 2 N–H and O–H groups in total. The van der Waals surface area contributed by atoms with Gasteiger partial charge in [0.05, 0.1) is 6.20 Å². The van der Waals surface area contributed by atoms with Crippen molar-refractivity contribution in [2.75, 3.05) is 6.54 Å². The molecule has 0 aliphatic heterocycles. The fourth-order valence-corrected chi connectivity index (χ4v) is 2.68. The number of nitrogens with two attached hydrogens (primary N) is 1. The topological polar surface area (TPSA) is 43.8 Å². The number of hydrogen-bond donors (Lipinski definition) is 1. The number of rotatable bonds is 4. The second-order valence-corrected chi connectivity index (χ2v) is 4.60. The number of aromatic nitrogens is 2. The molecule has 0 amide bonds. The Labute approximate surface area is 91.7 Å². The van der Waals surface area contributed by atoms with Crippen LogP contribution in [0.15, 0.2) is 12.4 Å². The van der Waals surface area contributed by atoms with Crippen LogP contribution in [-0.2, 0) is 13.0 Å². The van der Waals surface area contributed by atoms with Gasteiger partial charge in [-0.05, 0) is 50.1 Å². The van der Waals surface area contributed by atoms with Gasteiger partial charge in [0.25, 0.3) is 0 Å². The highest BCUT2D eigenvalue weighted by Crippen LogP contribution is 2.33. The van der Waals surface area contributed by atoms with E-state index in [0.717, 1.165) is 24.9 Å². The first kappa shape index (κ1) is 10.7. The second-order valence-electron chi connectivity index (χ2n) is 4.60. The molecule has 1 fully saturated rings. The monoisotopic (exact) mass is 207 g/mol. The van der Waals surface area contributed by atoms with E-state index in [2.05, 4.69) is 18.2 Å². The van der Waals surface area contributed by atoms with Crippen LogP contribution in [0.4, 0.5) is 0 Å². The summed E-state index contributed by atoms with van der Waals surface area (Å²) in [6.07, 6.45) is 9.37. The fraction of sp³-hybridized carbons (Fsp3) is 0.750. The minimum absolute atomic E-state index is 0.745. The highest BCUT2D eigenvalue weighted by Gasteiger charge is 2.26. The third kappa shape index (κ3) is 2.40. The molecule has 84 valence electrons. The molecule has 1 aliphatic rings. The van der Waals surface area contributed by atoms with Crippen molar-refractivity contribution in [1.82, 2.24) is 9.78 Å². The van der Waals surface area contributed by atoms with E-state index >= 15 is 0 Å². The van der Waals surface area contributed by atoms with Crippen molar-refractivity contribution in [3.8, 4) is 0 Å². The highest BCUT2D eigenvalue weighted by atomic mass is 15.3. The lowest BCUT2D eigenvalue weighted by Gasteiger charge is -2.16. The van der Waals surface area contributed by atoms with Gasteiger partial charge < -0.3 is 5.73 Å². The molecule has 0 bridgehead atoms. The van der Waals surface area contributed by atoms with Gasteiger partial charge in [-0.1, -0.05) is 6.42 Å². The van der Waals surface area contributed by atoms with Crippen LogP contribution in [-0.4, -0.2) is 16.3 Å². The Kier molecular flexibility index (Phi) is 3.41. The van der Waals surface area contributed by atoms with Crippen LogP contribution in [0.5, 0.6) is 0 Å². The van der Waals surface area contributed by atoms with E-state index < -0.39 is 0 Å². The Morgan fingerprint density at radius 3 is 2.93 bits per heavy atom. The third-order valence-electron chi connectivity index (χ3n) is 3.63. The van der Waals surface area contributed by atoms with Crippen LogP contribution in [0.25, 0.3) is 0 Å². The second kappa shape index (κ2) is 4.79. The van der Waals surface area contributed by atoms with E-state index in [1.807, 2.05) is 10.9 Å². The average molecular weight is 207 g/mol. The van der Waals surface area contributed by atoms with E-state index in [0.29, 0.717) is 0 Å². The van der Waals surface area contributed by atoms with E-state index in [9.17, 15) is 0 Å². The SMILES string of the molecule is CCn1cc(CC2CCCC2CN)cn1. The number of nitrogens with zero attached hydrogens (tertiary/aromatic N) is 2. The van der Waals surface area contributed by atoms with Crippen LogP contribution in [0.3, 0.4) is 0 Å². The molecule has 0 aromatic carbocycles. The predicted molar refractivity (Wildman–Crippen MR) is 61.5 cm³/mol. The Morgan fingerprint density at radius 1 is 1.47 bits per heavy atom. The lowest BCUT2D eigenvalue weighted by molar-refractivity contribution is 0.394. The molecule has 0 radical (unpaired) electrons. The van der Waals surface area contributed by atoms with Crippen LogP contribution < -0.4 is 5.73 Å². The van der Waals surface area contributed by atoms with Crippen molar-refractivity contribution in [3.05, 3.63) is 18.0 Å². The molecule has 2 rings (SSSR count). The lowest BCUT2D eigenvalue weighted by Crippen LogP contribution is -2.19. The molecule has 1 aromatic rings. The van der Waals surface area contributed by atoms with Gasteiger partial charge >= 0.3 is 0 Å². The first-order valence-corrected chi connectivity index (χ1v) is 6.05. The maximum atomic E-state index is 5.79. The van der Waals surface area contributed by atoms with Crippen molar-refractivity contribution in [3.63, 3.8) is 0 Å². The Balaban J connectivity index is 1.95. The summed E-state index contributed by atoms with van der Waals surface area (Å²) in [7, 11) is 0. The summed E-state index contributed by atoms with van der Waals surface area (Å²) in [5.74, 6) is 1.54. The van der Waals surface area contributed by atoms with Gasteiger partial charge in [0, 0.05) is 12.7 Å². The number of hydrogen-bond acceptors (Lipinski definition) is 2. The summed E-state index contributed by atoms with van der Waals surface area (Å²) in [5.41, 5.74) is 7.17. The van der Waals surface area contributed by atoms with Crippen molar-refractivity contribution in [2.24, 2.45) is 17.6 Å². The molecule has 3 nitrogen and oxygen atoms in total. The minimum atomic E-state index is 0.745. The van der Waals surface area contributed by atoms with Crippen LogP contribution in [0.2, 0.25) is 0 Å². The van der Waals surface area contributed by atoms with Crippen molar-refractivity contribution < 1.29 is 0 Å². The zero-order chi connectivity index (χ0) is 10.7. The molecule has 3 heteroatoms. The van der Waals surface area contributed by atoms with Gasteiger partial charge in [-0.25, -0.2) is 0 Å². The van der Waals surface area contributed by atoms with Gasteiger partial charge in [0.1, 0.15) is 0 Å². The quantitative estimate of drug-likeness (QED) is 0.818. The van der Waals surface area contributed by atoms with Gasteiger partial charge in [0.2, 0.25) is 0 Å². The third-order valence-corrected chi connectivity index (χ3v) is 3.63. The molecule has 15 heavy (non-hydrogen) atoms. The standard InChI is InChI=1S/C12H21N3/c1-2-15-9-10(8-14-15)6-11-4-3-5-12(11)7-13/h8-9,11-12H,2-7,13H2,1H3. The van der Waals surface area contributed by atoms with E-state index in [1.54, 1.807) is 0 Å². The van der Waals surface area contributed by atoms with Crippen LogP contribution in [0.1, 0.15) is 31.7 Å². The maximum absolute atomic E-state index is 5.79. The van der Waals surface area contributed by atoms with Gasteiger partial charge in [-0.15, -0.1) is 0 Å². The highest BCUT2D eigenvalue weighted by molar-refractivity contribution is 5.06. The normalized spacial score (nSPS) is 26.0. The summed E-state index contributed by atoms with van der Waals surface area (Å²) >= 11 is 0. The van der Waals surface area contributed by atoms with E-state index in [-0.39, 0.29) is 0 Å². The van der Waals surface area contributed by atoms with Gasteiger partial charge in [0.15, 0.2) is 0 Å². The zero-order valence-electron chi connectivity index (χ0n) is 9.52. The fourth-order valence-electron chi connectivity index (χ4n) is 2.68. The van der Waals surface area contributed by atoms with Crippen LogP contribution in [0, 0.1) is 11.8 Å². The Hall–Kier alpha value is -0.830. The van der Waals surface area contributed by atoms with Gasteiger partial charge in [-0.3, -0.25) is 4.68 Å².